The number of carbonyl (C=O) groups excluding carboxylic acids is 1. The Bertz CT molecular complexity index is 808. The fourth-order valence-corrected chi connectivity index (χ4v) is 3.04. The van der Waals surface area contributed by atoms with Crippen molar-refractivity contribution in [3.63, 3.8) is 0 Å². The molecule has 0 aliphatic heterocycles. The lowest BCUT2D eigenvalue weighted by Crippen LogP contribution is -2.20. The van der Waals surface area contributed by atoms with Gasteiger partial charge in [0.05, 0.1) is 30.8 Å². The van der Waals surface area contributed by atoms with E-state index >= 15 is 0 Å². The van der Waals surface area contributed by atoms with Gasteiger partial charge in [-0.15, -0.1) is 0 Å². The molecule has 2 rings (SSSR count). The first kappa shape index (κ1) is 22.2. The molecule has 2 N–H and O–H groups in total. The molecular weight excluding hydrogens is 403 g/mol. The van der Waals surface area contributed by atoms with Crippen molar-refractivity contribution in [3.05, 3.63) is 69.7 Å². The maximum absolute atomic E-state index is 11.2. The minimum Gasteiger partial charge on any atom is -0.488 e. The van der Waals surface area contributed by atoms with Gasteiger partial charge in [-0.3, -0.25) is 4.79 Å². The van der Waals surface area contributed by atoms with Gasteiger partial charge in [-0.2, -0.15) is 0 Å². The molecule has 2 aromatic carbocycles. The molecule has 0 heterocycles. The van der Waals surface area contributed by atoms with Gasteiger partial charge in [0.2, 0.25) is 0 Å². The normalized spacial score (nSPS) is 13.3. The largest absolute Gasteiger partial charge is 0.488 e. The summed E-state index contributed by atoms with van der Waals surface area (Å²) in [4.78, 5) is 11.2. The summed E-state index contributed by atoms with van der Waals surface area (Å²) in [5.74, 6) is -0.0686. The molecule has 28 heavy (non-hydrogen) atoms. The molecular formula is C21H22Cl2O5. The molecule has 0 spiro atoms. The van der Waals surface area contributed by atoms with Crippen LogP contribution >= 0.6 is 23.2 Å². The fraction of sp³-hybridized carbons (Fsp3) is 0.286. The minimum atomic E-state index is -1.01. The zero-order chi connectivity index (χ0) is 20.5. The highest BCUT2D eigenvalue weighted by atomic mass is 35.5. The highest BCUT2D eigenvalue weighted by Crippen LogP contribution is 2.33. The summed E-state index contributed by atoms with van der Waals surface area (Å²) < 4.78 is 10.3. The second kappa shape index (κ2) is 11.1. The van der Waals surface area contributed by atoms with Gasteiger partial charge < -0.3 is 19.7 Å². The number of ether oxygens (including phenoxy) is 2. The van der Waals surface area contributed by atoms with E-state index in [0.29, 0.717) is 28.0 Å². The molecule has 7 heteroatoms. The maximum atomic E-state index is 11.2. The van der Waals surface area contributed by atoms with Gasteiger partial charge in [0.15, 0.2) is 0 Å². The molecule has 0 aromatic heterocycles. The molecule has 2 aromatic rings. The number of methoxy groups -OCH3 is 1. The predicted molar refractivity (Wildman–Crippen MR) is 110 cm³/mol. The molecule has 2 atom stereocenters. The lowest BCUT2D eigenvalue weighted by Gasteiger charge is -2.14. The lowest BCUT2D eigenvalue weighted by atomic mass is 10.1. The van der Waals surface area contributed by atoms with Crippen LogP contribution in [0.4, 0.5) is 0 Å². The van der Waals surface area contributed by atoms with Gasteiger partial charge in [0.25, 0.3) is 0 Å². The first-order chi connectivity index (χ1) is 13.4. The average Bonchev–Trinajstić information content (AvgIpc) is 2.65. The zero-order valence-electron chi connectivity index (χ0n) is 15.3. The standard InChI is InChI=1S/C21H22Cl2O5/c1-27-21(26)12-17(25)11-16(24)7-8-18-19(23)9-15(22)10-20(18)28-13-14-5-3-2-4-6-14/h2-10,16-17,24-25H,11-13H2,1H3/b8-7+/t16-,17+/m0/s1. The van der Waals surface area contributed by atoms with Gasteiger partial charge in [-0.1, -0.05) is 65.7 Å². The van der Waals surface area contributed by atoms with Crippen LogP contribution in [0, 0.1) is 0 Å². The van der Waals surface area contributed by atoms with E-state index in [9.17, 15) is 15.0 Å². The summed E-state index contributed by atoms with van der Waals surface area (Å²) in [6, 6.07) is 12.9. The van der Waals surface area contributed by atoms with Crippen molar-refractivity contribution in [2.45, 2.75) is 31.7 Å². The molecule has 150 valence electrons. The van der Waals surface area contributed by atoms with Crippen LogP contribution in [-0.2, 0) is 16.1 Å². The van der Waals surface area contributed by atoms with Crippen LogP contribution in [0.25, 0.3) is 6.08 Å². The Morgan fingerprint density at radius 1 is 1.18 bits per heavy atom. The second-order valence-electron chi connectivity index (χ2n) is 6.17. The molecule has 0 radical (unpaired) electrons. The molecule has 0 saturated carbocycles. The predicted octanol–water partition coefficient (Wildman–Crippen LogP) is 4.26. The van der Waals surface area contributed by atoms with Crippen LogP contribution in [-0.4, -0.2) is 35.5 Å². The van der Waals surface area contributed by atoms with Crippen molar-refractivity contribution >= 4 is 35.2 Å². The van der Waals surface area contributed by atoms with Crippen LogP contribution in [0.2, 0.25) is 10.0 Å². The van der Waals surface area contributed by atoms with E-state index in [0.717, 1.165) is 5.56 Å². The van der Waals surface area contributed by atoms with Crippen molar-refractivity contribution in [2.75, 3.05) is 7.11 Å². The first-order valence-electron chi connectivity index (χ1n) is 8.66. The number of carbonyl (C=O) groups is 1. The number of hydrogen-bond acceptors (Lipinski definition) is 5. The third-order valence-electron chi connectivity index (χ3n) is 3.92. The number of hydrogen-bond donors (Lipinski definition) is 2. The van der Waals surface area contributed by atoms with Gasteiger partial charge in [-0.25, -0.2) is 0 Å². The van der Waals surface area contributed by atoms with Gasteiger partial charge >= 0.3 is 5.97 Å². The highest BCUT2D eigenvalue weighted by Gasteiger charge is 2.15. The second-order valence-corrected chi connectivity index (χ2v) is 7.01. The minimum absolute atomic E-state index is 0.0169. The lowest BCUT2D eigenvalue weighted by molar-refractivity contribution is -0.143. The number of aliphatic hydroxyl groups excluding tert-OH is 2. The van der Waals surface area contributed by atoms with E-state index in [-0.39, 0.29) is 12.8 Å². The Morgan fingerprint density at radius 2 is 1.89 bits per heavy atom. The molecule has 0 aliphatic rings. The van der Waals surface area contributed by atoms with E-state index in [1.165, 1.54) is 13.2 Å². The van der Waals surface area contributed by atoms with Crippen molar-refractivity contribution in [1.29, 1.82) is 0 Å². The van der Waals surface area contributed by atoms with Crippen molar-refractivity contribution < 1.29 is 24.5 Å². The summed E-state index contributed by atoms with van der Waals surface area (Å²) in [7, 11) is 1.24. The third kappa shape index (κ3) is 7.17. The highest BCUT2D eigenvalue weighted by molar-refractivity contribution is 6.35. The maximum Gasteiger partial charge on any atom is 0.308 e. The van der Waals surface area contributed by atoms with Crippen LogP contribution in [0.5, 0.6) is 5.75 Å². The topological polar surface area (TPSA) is 76.0 Å². The van der Waals surface area contributed by atoms with E-state index in [1.807, 2.05) is 30.3 Å². The summed E-state index contributed by atoms with van der Waals surface area (Å²) in [6.45, 7) is 0.332. The van der Waals surface area contributed by atoms with E-state index < -0.39 is 18.2 Å². The van der Waals surface area contributed by atoms with Crippen LogP contribution in [0.15, 0.2) is 48.5 Å². The summed E-state index contributed by atoms with van der Waals surface area (Å²) in [6.07, 6.45) is 0.889. The number of rotatable bonds is 9. The van der Waals surface area contributed by atoms with Crippen LogP contribution in [0.3, 0.4) is 0 Å². The van der Waals surface area contributed by atoms with Gasteiger partial charge in [0.1, 0.15) is 12.4 Å². The number of aliphatic hydroxyl groups is 2. The third-order valence-corrected chi connectivity index (χ3v) is 4.45. The SMILES string of the molecule is COC(=O)C[C@H](O)C[C@@H](O)/C=C/c1c(Cl)cc(Cl)cc1OCc1ccccc1. The summed E-state index contributed by atoms with van der Waals surface area (Å²) >= 11 is 12.4. The molecule has 0 saturated heterocycles. The summed E-state index contributed by atoms with van der Waals surface area (Å²) in [5, 5.41) is 20.7. The molecule has 0 fully saturated rings. The Kier molecular flexibility index (Phi) is 8.80. The van der Waals surface area contributed by atoms with E-state index in [4.69, 9.17) is 27.9 Å². The summed E-state index contributed by atoms with van der Waals surface area (Å²) in [5.41, 5.74) is 1.54. The fourth-order valence-electron chi connectivity index (χ4n) is 2.50. The molecule has 0 amide bonds. The van der Waals surface area contributed by atoms with Gasteiger partial charge in [-0.05, 0) is 17.7 Å². The van der Waals surface area contributed by atoms with Crippen LogP contribution in [0.1, 0.15) is 24.0 Å². The number of esters is 1. The Balaban J connectivity index is 2.08. The first-order valence-corrected chi connectivity index (χ1v) is 9.41. The van der Waals surface area contributed by atoms with Crippen LogP contribution < -0.4 is 4.74 Å². The number of halogens is 2. The van der Waals surface area contributed by atoms with Crippen molar-refractivity contribution in [2.24, 2.45) is 0 Å². The number of benzene rings is 2. The molecule has 5 nitrogen and oxygen atoms in total. The molecule has 0 bridgehead atoms. The van der Waals surface area contributed by atoms with Crippen molar-refractivity contribution in [3.8, 4) is 5.75 Å². The zero-order valence-corrected chi connectivity index (χ0v) is 16.9. The average molecular weight is 425 g/mol. The molecule has 0 unspecified atom stereocenters. The Labute approximate surface area is 174 Å². The molecule has 0 aliphatic carbocycles. The smallest absolute Gasteiger partial charge is 0.308 e. The monoisotopic (exact) mass is 424 g/mol. The Morgan fingerprint density at radius 3 is 2.57 bits per heavy atom. The van der Waals surface area contributed by atoms with E-state index in [2.05, 4.69) is 4.74 Å². The van der Waals surface area contributed by atoms with Gasteiger partial charge in [0, 0.05) is 17.0 Å². The van der Waals surface area contributed by atoms with Crippen molar-refractivity contribution in [1.82, 2.24) is 0 Å². The Hall–Kier alpha value is -2.05. The van der Waals surface area contributed by atoms with E-state index in [1.54, 1.807) is 18.2 Å². The quantitative estimate of drug-likeness (QED) is 0.588.